The van der Waals surface area contributed by atoms with Crippen LogP contribution in [0.2, 0.25) is 0 Å². The summed E-state index contributed by atoms with van der Waals surface area (Å²) in [4.78, 5) is 42.5. The smallest absolute Gasteiger partial charge is 0.258 e. The quantitative estimate of drug-likeness (QED) is 0.308. The van der Waals surface area contributed by atoms with Crippen LogP contribution in [-0.2, 0) is 4.79 Å². The number of anilines is 2. The Hall–Kier alpha value is -4.04. The van der Waals surface area contributed by atoms with Crippen LogP contribution in [0.3, 0.4) is 0 Å². The Morgan fingerprint density at radius 1 is 0.975 bits per heavy atom. The van der Waals surface area contributed by atoms with Gasteiger partial charge in [0.25, 0.3) is 5.91 Å². The third kappa shape index (κ3) is 7.54. The second-order valence-electron chi connectivity index (χ2n) is 10.0. The van der Waals surface area contributed by atoms with Gasteiger partial charge in [0.2, 0.25) is 5.91 Å². The van der Waals surface area contributed by atoms with Crippen molar-refractivity contribution >= 4 is 29.0 Å². The van der Waals surface area contributed by atoms with Gasteiger partial charge < -0.3 is 19.9 Å². The summed E-state index contributed by atoms with van der Waals surface area (Å²) in [6.07, 6.45) is 2.64. The minimum atomic E-state index is -0.351. The van der Waals surface area contributed by atoms with Crippen LogP contribution in [0.1, 0.15) is 53.3 Å². The first-order valence-corrected chi connectivity index (χ1v) is 13.8. The Labute approximate surface area is 234 Å². The number of likely N-dealkylation sites (tertiary alicyclic amines) is 1. The lowest BCUT2D eigenvalue weighted by atomic mass is 9.89. The molecule has 1 saturated heterocycles. The van der Waals surface area contributed by atoms with E-state index in [-0.39, 0.29) is 29.3 Å². The van der Waals surface area contributed by atoms with E-state index in [1.54, 1.807) is 48.4 Å². The van der Waals surface area contributed by atoms with Crippen molar-refractivity contribution < 1.29 is 23.5 Å². The van der Waals surface area contributed by atoms with Crippen molar-refractivity contribution in [2.24, 2.45) is 5.92 Å². The SMILES string of the molecule is CCCC(=O)Nc1ccc(C(=O)N(CCN2CCC(C(=O)c3ccc(F)cc3)CC2)c2cccc(OC)c2)cc1. The molecule has 8 heteroatoms. The van der Waals surface area contributed by atoms with Gasteiger partial charge in [0.15, 0.2) is 5.78 Å². The molecule has 0 aliphatic carbocycles. The van der Waals surface area contributed by atoms with Crippen LogP contribution in [0.25, 0.3) is 0 Å². The molecule has 40 heavy (non-hydrogen) atoms. The zero-order valence-electron chi connectivity index (χ0n) is 23.1. The number of piperidine rings is 1. The Bertz CT molecular complexity index is 1300. The normalized spacial score (nSPS) is 14.0. The number of carbonyl (C=O) groups is 3. The van der Waals surface area contributed by atoms with Crippen LogP contribution in [0.15, 0.2) is 72.8 Å². The molecule has 3 aromatic carbocycles. The predicted molar refractivity (Wildman–Crippen MR) is 155 cm³/mol. The van der Waals surface area contributed by atoms with Crippen molar-refractivity contribution in [1.29, 1.82) is 0 Å². The van der Waals surface area contributed by atoms with Crippen LogP contribution in [0, 0.1) is 11.7 Å². The number of Topliss-reactive ketones (excluding diaryl/α,β-unsaturated/α-hetero) is 1. The Balaban J connectivity index is 1.41. The van der Waals surface area contributed by atoms with Gasteiger partial charge in [0.1, 0.15) is 11.6 Å². The number of nitrogens with one attached hydrogen (secondary N) is 1. The molecule has 0 saturated carbocycles. The van der Waals surface area contributed by atoms with Gasteiger partial charge in [-0.1, -0.05) is 13.0 Å². The van der Waals surface area contributed by atoms with Crippen LogP contribution >= 0.6 is 0 Å². The number of ketones is 1. The second kappa shape index (κ2) is 13.8. The Kier molecular flexibility index (Phi) is 10.0. The summed E-state index contributed by atoms with van der Waals surface area (Å²) in [5.74, 6) is 0.0701. The van der Waals surface area contributed by atoms with Gasteiger partial charge in [-0.3, -0.25) is 14.4 Å². The standard InChI is InChI=1S/C32H36FN3O4/c1-3-5-30(37)34-27-14-10-25(11-15-27)32(39)36(28-6-4-7-29(22-28)40-2)21-20-35-18-16-24(17-19-35)31(38)23-8-12-26(33)13-9-23/h4,6-15,22,24H,3,5,16-21H2,1-2H3,(H,34,37). The van der Waals surface area contributed by atoms with Crippen molar-refractivity contribution in [2.45, 2.75) is 32.6 Å². The maximum absolute atomic E-state index is 13.7. The summed E-state index contributed by atoms with van der Waals surface area (Å²) in [6.45, 7) is 4.53. The number of benzene rings is 3. The van der Waals surface area contributed by atoms with Gasteiger partial charge in [0.05, 0.1) is 7.11 Å². The fraction of sp³-hybridized carbons (Fsp3) is 0.344. The maximum Gasteiger partial charge on any atom is 0.258 e. The number of nitrogens with zero attached hydrogens (tertiary/aromatic N) is 2. The van der Waals surface area contributed by atoms with E-state index in [1.165, 1.54) is 12.1 Å². The molecule has 1 aliphatic rings. The van der Waals surface area contributed by atoms with E-state index in [4.69, 9.17) is 4.74 Å². The van der Waals surface area contributed by atoms with Crippen molar-refractivity contribution in [3.05, 3.63) is 89.7 Å². The third-order valence-electron chi connectivity index (χ3n) is 7.23. The highest BCUT2D eigenvalue weighted by atomic mass is 19.1. The largest absolute Gasteiger partial charge is 0.497 e. The van der Waals surface area contributed by atoms with Crippen molar-refractivity contribution in [3.63, 3.8) is 0 Å². The Morgan fingerprint density at radius 2 is 1.65 bits per heavy atom. The highest BCUT2D eigenvalue weighted by Crippen LogP contribution is 2.25. The molecule has 4 rings (SSSR count). The van der Waals surface area contributed by atoms with Gasteiger partial charge in [0, 0.05) is 54.0 Å². The molecule has 0 aromatic heterocycles. The average molecular weight is 546 g/mol. The monoisotopic (exact) mass is 545 g/mol. The molecule has 1 N–H and O–H groups in total. The molecule has 0 atom stereocenters. The highest BCUT2D eigenvalue weighted by molar-refractivity contribution is 6.06. The average Bonchev–Trinajstić information content (AvgIpc) is 2.98. The number of hydrogen-bond acceptors (Lipinski definition) is 5. The minimum Gasteiger partial charge on any atom is -0.497 e. The summed E-state index contributed by atoms with van der Waals surface area (Å²) in [6, 6.07) is 20.1. The van der Waals surface area contributed by atoms with E-state index in [0.717, 1.165) is 25.2 Å². The van der Waals surface area contributed by atoms with Gasteiger partial charge in [-0.2, -0.15) is 0 Å². The van der Waals surface area contributed by atoms with Crippen LogP contribution in [-0.4, -0.2) is 55.8 Å². The molecule has 0 unspecified atom stereocenters. The molecule has 3 aromatic rings. The molecular weight excluding hydrogens is 509 g/mol. The van der Waals surface area contributed by atoms with E-state index in [1.807, 2.05) is 31.2 Å². The summed E-state index contributed by atoms with van der Waals surface area (Å²) < 4.78 is 18.6. The number of hydrogen-bond donors (Lipinski definition) is 1. The fourth-order valence-electron chi connectivity index (χ4n) is 4.94. The van der Waals surface area contributed by atoms with Crippen molar-refractivity contribution in [2.75, 3.05) is 43.5 Å². The first-order chi connectivity index (χ1) is 19.4. The number of halogens is 1. The minimum absolute atomic E-state index is 0.0530. The van der Waals surface area contributed by atoms with E-state index in [9.17, 15) is 18.8 Å². The summed E-state index contributed by atoms with van der Waals surface area (Å²) in [5.41, 5.74) is 2.44. The van der Waals surface area contributed by atoms with Crippen LogP contribution in [0.5, 0.6) is 5.75 Å². The summed E-state index contributed by atoms with van der Waals surface area (Å²) in [5, 5.41) is 2.85. The first-order valence-electron chi connectivity index (χ1n) is 13.8. The van der Waals surface area contributed by atoms with Gasteiger partial charge in [-0.15, -0.1) is 0 Å². The van der Waals surface area contributed by atoms with Crippen LogP contribution < -0.4 is 15.0 Å². The molecule has 1 heterocycles. The predicted octanol–water partition coefficient (Wildman–Crippen LogP) is 5.81. The molecule has 210 valence electrons. The number of rotatable bonds is 11. The molecule has 0 spiro atoms. The van der Waals surface area contributed by atoms with E-state index >= 15 is 0 Å². The molecular formula is C32H36FN3O4. The van der Waals surface area contributed by atoms with Crippen molar-refractivity contribution in [3.8, 4) is 5.75 Å². The van der Waals surface area contributed by atoms with Crippen molar-refractivity contribution in [1.82, 2.24) is 4.90 Å². The fourth-order valence-corrected chi connectivity index (χ4v) is 4.94. The van der Waals surface area contributed by atoms with Gasteiger partial charge in [-0.05, 0) is 93.0 Å². The summed E-state index contributed by atoms with van der Waals surface area (Å²) in [7, 11) is 1.59. The first kappa shape index (κ1) is 29.0. The van der Waals surface area contributed by atoms with Gasteiger partial charge in [-0.25, -0.2) is 4.39 Å². The van der Waals surface area contributed by atoms with E-state index in [2.05, 4.69) is 10.2 Å². The second-order valence-corrected chi connectivity index (χ2v) is 10.0. The zero-order chi connectivity index (χ0) is 28.5. The highest BCUT2D eigenvalue weighted by Gasteiger charge is 2.27. The zero-order valence-corrected chi connectivity index (χ0v) is 23.1. The van der Waals surface area contributed by atoms with Crippen LogP contribution in [0.4, 0.5) is 15.8 Å². The third-order valence-corrected chi connectivity index (χ3v) is 7.23. The number of carbonyl (C=O) groups excluding carboxylic acids is 3. The lowest BCUT2D eigenvalue weighted by Crippen LogP contribution is -2.42. The number of ether oxygens (including phenoxy) is 1. The Morgan fingerprint density at radius 3 is 2.30 bits per heavy atom. The molecule has 2 amide bonds. The lowest BCUT2D eigenvalue weighted by Gasteiger charge is -2.33. The maximum atomic E-state index is 13.7. The van der Waals surface area contributed by atoms with Gasteiger partial charge >= 0.3 is 0 Å². The van der Waals surface area contributed by atoms with E-state index in [0.29, 0.717) is 54.9 Å². The molecule has 7 nitrogen and oxygen atoms in total. The topological polar surface area (TPSA) is 79.0 Å². The molecule has 1 aliphatic heterocycles. The number of amides is 2. The molecule has 0 radical (unpaired) electrons. The lowest BCUT2D eigenvalue weighted by molar-refractivity contribution is -0.116. The van der Waals surface area contributed by atoms with E-state index < -0.39 is 0 Å². The molecule has 0 bridgehead atoms. The summed E-state index contributed by atoms with van der Waals surface area (Å²) >= 11 is 0. The molecule has 1 fully saturated rings. The number of methoxy groups -OCH3 is 1.